The lowest BCUT2D eigenvalue weighted by Crippen LogP contribution is -2.32. The second-order valence-electron chi connectivity index (χ2n) is 14.8. The maximum atomic E-state index is 6.95. The van der Waals surface area contributed by atoms with Crippen LogP contribution in [0.2, 0.25) is 0 Å². The zero-order chi connectivity index (χ0) is 37.8. The van der Waals surface area contributed by atoms with Crippen molar-refractivity contribution in [2.24, 2.45) is 0 Å². The van der Waals surface area contributed by atoms with E-state index in [0.29, 0.717) is 0 Å². The van der Waals surface area contributed by atoms with Gasteiger partial charge in [-0.1, -0.05) is 170 Å². The van der Waals surface area contributed by atoms with E-state index in [4.69, 9.17) is 4.74 Å². The zero-order valence-electron chi connectivity index (χ0n) is 31.2. The van der Waals surface area contributed by atoms with Gasteiger partial charge in [-0.2, -0.15) is 0 Å². The topological polar surface area (TPSA) is 12.5 Å². The van der Waals surface area contributed by atoms with Gasteiger partial charge >= 0.3 is 0 Å². The highest BCUT2D eigenvalue weighted by atomic mass is 16.5. The van der Waals surface area contributed by atoms with Crippen LogP contribution in [0.1, 0.15) is 22.3 Å². The molecule has 0 aromatic heterocycles. The van der Waals surface area contributed by atoms with Gasteiger partial charge in [-0.25, -0.2) is 0 Å². The summed E-state index contributed by atoms with van der Waals surface area (Å²) in [4.78, 5) is 2.42. The molecule has 0 amide bonds. The molecule has 11 rings (SSSR count). The molecular weight excluding hydrogens is 691 g/mol. The fourth-order valence-electron chi connectivity index (χ4n) is 9.23. The van der Waals surface area contributed by atoms with Crippen molar-refractivity contribution in [2.45, 2.75) is 5.41 Å². The van der Waals surface area contributed by atoms with E-state index in [1.54, 1.807) is 0 Å². The van der Waals surface area contributed by atoms with Gasteiger partial charge in [-0.05, 0) is 105 Å². The van der Waals surface area contributed by atoms with Crippen LogP contribution in [0.3, 0.4) is 0 Å². The normalized spacial score (nSPS) is 12.8. The first-order chi connectivity index (χ1) is 28.3. The van der Waals surface area contributed by atoms with Crippen LogP contribution in [0, 0.1) is 0 Å². The Balaban J connectivity index is 1.23. The van der Waals surface area contributed by atoms with E-state index in [1.807, 2.05) is 0 Å². The predicted octanol–water partition coefficient (Wildman–Crippen LogP) is 14.6. The summed E-state index contributed by atoms with van der Waals surface area (Å²) in [6.45, 7) is 0. The third kappa shape index (κ3) is 5.26. The molecule has 2 aliphatic rings. The minimum absolute atomic E-state index is 0.679. The Morgan fingerprint density at radius 3 is 1.40 bits per heavy atom. The lowest BCUT2D eigenvalue weighted by molar-refractivity contribution is 0.436. The highest BCUT2D eigenvalue weighted by Crippen LogP contribution is 2.63. The molecule has 2 nitrogen and oxygen atoms in total. The molecule has 1 heterocycles. The molecule has 0 saturated carbocycles. The van der Waals surface area contributed by atoms with E-state index in [2.05, 4.69) is 229 Å². The third-order valence-electron chi connectivity index (χ3n) is 11.7. The fraction of sp³-hybridized carbons (Fsp3) is 0.0182. The number of nitrogens with zero attached hydrogens (tertiary/aromatic N) is 1. The molecule has 57 heavy (non-hydrogen) atoms. The van der Waals surface area contributed by atoms with Gasteiger partial charge in [-0.15, -0.1) is 0 Å². The van der Waals surface area contributed by atoms with E-state index in [0.717, 1.165) is 50.8 Å². The first-order valence-electron chi connectivity index (χ1n) is 19.6. The summed E-state index contributed by atoms with van der Waals surface area (Å²) in [6.07, 6.45) is 0. The summed E-state index contributed by atoms with van der Waals surface area (Å²) >= 11 is 0. The van der Waals surface area contributed by atoms with Gasteiger partial charge in [0.05, 0.1) is 11.1 Å². The van der Waals surface area contributed by atoms with E-state index in [1.165, 1.54) is 44.5 Å². The first kappa shape index (κ1) is 33.0. The van der Waals surface area contributed by atoms with Gasteiger partial charge in [0.25, 0.3) is 0 Å². The summed E-state index contributed by atoms with van der Waals surface area (Å²) in [7, 11) is 0. The Kier molecular flexibility index (Phi) is 7.75. The standard InChI is InChI=1S/C55H37NO/c1-5-17-38(18-6-1)41-29-33-53-50(35-41)55(51-36-42(30-34-54(51)57-53)39-19-7-2-8-20-39)48-27-15-13-26-46(48)47-32-31-44(37-49(47)55)56(43-23-11-4-12-24-43)52-28-16-14-25-45(52)40-21-9-3-10-22-40/h1-37H. The second-order valence-corrected chi connectivity index (χ2v) is 14.8. The molecule has 9 aromatic carbocycles. The molecule has 1 aliphatic carbocycles. The first-order valence-corrected chi connectivity index (χ1v) is 19.6. The highest BCUT2D eigenvalue weighted by Gasteiger charge is 2.51. The highest BCUT2D eigenvalue weighted by molar-refractivity contribution is 5.94. The van der Waals surface area contributed by atoms with E-state index in [9.17, 15) is 0 Å². The molecule has 9 aromatic rings. The summed E-state index contributed by atoms with van der Waals surface area (Å²) in [5.41, 5.74) is 16.9. The van der Waals surface area contributed by atoms with Crippen molar-refractivity contribution in [3.63, 3.8) is 0 Å². The minimum atomic E-state index is -0.679. The zero-order valence-corrected chi connectivity index (χ0v) is 31.2. The molecule has 0 N–H and O–H groups in total. The average Bonchev–Trinajstić information content (AvgIpc) is 3.58. The van der Waals surface area contributed by atoms with E-state index >= 15 is 0 Å². The van der Waals surface area contributed by atoms with Crippen LogP contribution in [-0.4, -0.2) is 0 Å². The number of anilines is 3. The lowest BCUT2D eigenvalue weighted by atomic mass is 9.65. The minimum Gasteiger partial charge on any atom is -0.457 e. The van der Waals surface area contributed by atoms with Crippen molar-refractivity contribution in [3.8, 4) is 56.0 Å². The SMILES string of the molecule is c1ccc(-c2ccc3c(c2)C2(c4cc(-c5ccccc5)ccc4O3)c3ccccc3-c3ccc(N(c4ccccc4)c4ccccc4-c4ccccc4)cc32)cc1. The van der Waals surface area contributed by atoms with Gasteiger partial charge in [-0.3, -0.25) is 0 Å². The average molecular weight is 728 g/mol. The fourth-order valence-corrected chi connectivity index (χ4v) is 9.23. The number of hydrogen-bond donors (Lipinski definition) is 0. The Hall–Kier alpha value is -7.42. The summed E-state index contributed by atoms with van der Waals surface area (Å²) in [5.74, 6) is 1.74. The molecule has 1 aliphatic heterocycles. The third-order valence-corrected chi connectivity index (χ3v) is 11.7. The van der Waals surface area contributed by atoms with Crippen LogP contribution in [0.25, 0.3) is 44.5 Å². The van der Waals surface area contributed by atoms with Crippen molar-refractivity contribution in [1.82, 2.24) is 0 Å². The van der Waals surface area contributed by atoms with Crippen molar-refractivity contribution in [3.05, 3.63) is 247 Å². The molecule has 1 spiro atoms. The second kappa shape index (κ2) is 13.4. The van der Waals surface area contributed by atoms with Crippen LogP contribution in [0.4, 0.5) is 17.1 Å². The predicted molar refractivity (Wildman–Crippen MR) is 235 cm³/mol. The number of rotatable bonds is 6. The molecule has 0 fully saturated rings. The van der Waals surface area contributed by atoms with Crippen LogP contribution in [-0.2, 0) is 5.41 Å². The van der Waals surface area contributed by atoms with Crippen LogP contribution in [0.15, 0.2) is 224 Å². The summed E-state index contributed by atoms with van der Waals surface area (Å²) < 4.78 is 6.95. The number of fused-ring (bicyclic) bond motifs is 9. The van der Waals surface area contributed by atoms with Gasteiger partial charge in [0.2, 0.25) is 0 Å². The quantitative estimate of drug-likeness (QED) is 0.169. The van der Waals surface area contributed by atoms with Gasteiger partial charge in [0.1, 0.15) is 11.5 Å². The Morgan fingerprint density at radius 1 is 0.298 bits per heavy atom. The van der Waals surface area contributed by atoms with Crippen LogP contribution < -0.4 is 9.64 Å². The number of hydrogen-bond acceptors (Lipinski definition) is 2. The monoisotopic (exact) mass is 727 g/mol. The maximum absolute atomic E-state index is 6.95. The van der Waals surface area contributed by atoms with Crippen molar-refractivity contribution >= 4 is 17.1 Å². The molecule has 0 bridgehead atoms. The molecule has 0 radical (unpaired) electrons. The van der Waals surface area contributed by atoms with Gasteiger partial charge in [0.15, 0.2) is 0 Å². The lowest BCUT2D eigenvalue weighted by Gasteiger charge is -2.40. The maximum Gasteiger partial charge on any atom is 0.132 e. The summed E-state index contributed by atoms with van der Waals surface area (Å²) in [6, 6.07) is 81.1. The largest absolute Gasteiger partial charge is 0.457 e. The summed E-state index contributed by atoms with van der Waals surface area (Å²) in [5, 5.41) is 0. The number of para-hydroxylation sites is 2. The Morgan fingerprint density at radius 2 is 0.789 bits per heavy atom. The molecule has 0 atom stereocenters. The molecule has 2 heteroatoms. The van der Waals surface area contributed by atoms with Crippen LogP contribution in [0.5, 0.6) is 11.5 Å². The van der Waals surface area contributed by atoms with Crippen molar-refractivity contribution in [2.75, 3.05) is 4.90 Å². The Bertz CT molecular complexity index is 2830. The van der Waals surface area contributed by atoms with E-state index in [-0.39, 0.29) is 0 Å². The van der Waals surface area contributed by atoms with E-state index < -0.39 is 5.41 Å². The molecular formula is C55H37NO. The van der Waals surface area contributed by atoms with Crippen LogP contribution >= 0.6 is 0 Å². The van der Waals surface area contributed by atoms with Crippen molar-refractivity contribution < 1.29 is 4.74 Å². The van der Waals surface area contributed by atoms with Gasteiger partial charge < -0.3 is 9.64 Å². The molecule has 0 unspecified atom stereocenters. The molecule has 0 saturated heterocycles. The Labute approximate surface area is 333 Å². The van der Waals surface area contributed by atoms with Crippen molar-refractivity contribution in [1.29, 1.82) is 0 Å². The smallest absolute Gasteiger partial charge is 0.132 e. The number of benzene rings is 9. The number of ether oxygens (including phenoxy) is 1. The molecule has 268 valence electrons. The van der Waals surface area contributed by atoms with Gasteiger partial charge in [0, 0.05) is 28.1 Å².